The van der Waals surface area contributed by atoms with E-state index in [0.717, 1.165) is 10.9 Å². The second-order valence-electron chi connectivity index (χ2n) is 5.87. The third-order valence-electron chi connectivity index (χ3n) is 4.36. The van der Waals surface area contributed by atoms with E-state index < -0.39 is 5.97 Å². The van der Waals surface area contributed by atoms with Crippen molar-refractivity contribution in [2.45, 2.75) is 13.3 Å². The molecule has 22 heavy (non-hydrogen) atoms. The molecule has 1 aliphatic rings. The van der Waals surface area contributed by atoms with Gasteiger partial charge in [-0.2, -0.15) is 0 Å². The minimum atomic E-state index is -0.767. The molecule has 5 heteroatoms. The normalized spacial score (nSPS) is 21.8. The molecule has 2 heterocycles. The number of fused-ring (bicyclic) bond motifs is 1. The summed E-state index contributed by atoms with van der Waals surface area (Å²) in [6.07, 6.45) is 2.24. The molecule has 0 aliphatic carbocycles. The third kappa shape index (κ3) is 2.66. The van der Waals surface area contributed by atoms with E-state index in [4.69, 9.17) is 5.11 Å². The first-order valence-electron chi connectivity index (χ1n) is 7.43. The van der Waals surface area contributed by atoms with Crippen LogP contribution < -0.4 is 0 Å². The highest BCUT2D eigenvalue weighted by Crippen LogP contribution is 2.25. The van der Waals surface area contributed by atoms with Gasteiger partial charge in [-0.15, -0.1) is 0 Å². The summed E-state index contributed by atoms with van der Waals surface area (Å²) in [5.74, 6) is -1.19. The summed E-state index contributed by atoms with van der Waals surface area (Å²) in [7, 11) is 0. The van der Waals surface area contributed by atoms with Gasteiger partial charge < -0.3 is 10.0 Å². The first-order valence-corrected chi connectivity index (χ1v) is 7.43. The van der Waals surface area contributed by atoms with Gasteiger partial charge in [-0.25, -0.2) is 0 Å². The Bertz CT molecular complexity index is 729. The molecule has 0 bridgehead atoms. The number of amides is 1. The number of aromatic nitrogens is 1. The molecule has 2 unspecified atom stereocenters. The Kier molecular flexibility index (Phi) is 3.79. The number of hydrogen-bond acceptors (Lipinski definition) is 3. The maximum atomic E-state index is 12.6. The fourth-order valence-electron chi connectivity index (χ4n) is 3.09. The molecule has 2 aromatic rings. The van der Waals surface area contributed by atoms with Crippen LogP contribution in [0.3, 0.4) is 0 Å². The van der Waals surface area contributed by atoms with Gasteiger partial charge in [0, 0.05) is 30.2 Å². The Balaban J connectivity index is 1.80. The summed E-state index contributed by atoms with van der Waals surface area (Å²) in [6, 6.07) is 9.25. The molecule has 1 aliphatic heterocycles. The molecule has 1 aromatic heterocycles. The van der Waals surface area contributed by atoms with Crippen molar-refractivity contribution in [1.82, 2.24) is 9.88 Å². The van der Waals surface area contributed by atoms with E-state index in [-0.39, 0.29) is 17.7 Å². The van der Waals surface area contributed by atoms with Gasteiger partial charge in [-0.05, 0) is 36.6 Å². The number of carboxylic acids is 1. The Morgan fingerprint density at radius 2 is 2.14 bits per heavy atom. The van der Waals surface area contributed by atoms with Crippen LogP contribution in [0.4, 0.5) is 0 Å². The molecule has 0 saturated carbocycles. The van der Waals surface area contributed by atoms with Crippen molar-refractivity contribution in [3.8, 4) is 0 Å². The van der Waals surface area contributed by atoms with E-state index in [9.17, 15) is 9.59 Å². The van der Waals surface area contributed by atoms with Gasteiger partial charge in [0.05, 0.1) is 11.4 Å². The Labute approximate surface area is 128 Å². The lowest BCUT2D eigenvalue weighted by Gasteiger charge is -2.35. The predicted molar refractivity (Wildman–Crippen MR) is 82.6 cm³/mol. The van der Waals surface area contributed by atoms with Crippen LogP contribution in [-0.4, -0.2) is 40.0 Å². The van der Waals surface area contributed by atoms with Crippen LogP contribution in [0.5, 0.6) is 0 Å². The van der Waals surface area contributed by atoms with Crippen molar-refractivity contribution in [2.75, 3.05) is 13.1 Å². The van der Waals surface area contributed by atoms with Gasteiger partial charge >= 0.3 is 5.97 Å². The SMILES string of the molecule is CC1CN(C(=O)c2ccc3ncccc3c2)CCC1C(=O)O. The number of aliphatic carboxylic acids is 1. The Morgan fingerprint density at radius 1 is 1.32 bits per heavy atom. The van der Waals surface area contributed by atoms with E-state index in [2.05, 4.69) is 4.98 Å². The molecular weight excluding hydrogens is 280 g/mol. The number of carbonyl (C=O) groups excluding carboxylic acids is 1. The zero-order valence-electron chi connectivity index (χ0n) is 12.4. The standard InChI is InChI=1S/C17H18N2O3/c1-11-10-19(8-6-14(11)17(21)22)16(20)13-4-5-15-12(9-13)3-2-7-18-15/h2-5,7,9,11,14H,6,8,10H2,1H3,(H,21,22). The summed E-state index contributed by atoms with van der Waals surface area (Å²) < 4.78 is 0. The summed E-state index contributed by atoms with van der Waals surface area (Å²) in [4.78, 5) is 29.8. The molecule has 114 valence electrons. The first kappa shape index (κ1) is 14.5. The fraction of sp³-hybridized carbons (Fsp3) is 0.353. The molecule has 1 amide bonds. The summed E-state index contributed by atoms with van der Waals surface area (Å²) in [5.41, 5.74) is 1.48. The van der Waals surface area contributed by atoms with Gasteiger partial charge in [-0.1, -0.05) is 13.0 Å². The lowest BCUT2D eigenvalue weighted by Crippen LogP contribution is -2.45. The molecule has 1 fully saturated rings. The number of benzene rings is 1. The highest BCUT2D eigenvalue weighted by atomic mass is 16.4. The second kappa shape index (κ2) is 5.75. The van der Waals surface area contributed by atoms with Crippen molar-refractivity contribution >= 4 is 22.8 Å². The predicted octanol–water partition coefficient (Wildman–Crippen LogP) is 2.42. The molecule has 1 saturated heterocycles. The number of pyridine rings is 1. The van der Waals surface area contributed by atoms with Crippen molar-refractivity contribution in [3.05, 3.63) is 42.1 Å². The van der Waals surface area contributed by atoms with Crippen LogP contribution >= 0.6 is 0 Å². The highest BCUT2D eigenvalue weighted by molar-refractivity contribution is 5.98. The number of carboxylic acid groups (broad SMARTS) is 1. The average Bonchev–Trinajstić information content (AvgIpc) is 2.53. The molecule has 2 atom stereocenters. The van der Waals surface area contributed by atoms with Crippen LogP contribution in [0.2, 0.25) is 0 Å². The number of hydrogen-bond donors (Lipinski definition) is 1. The number of rotatable bonds is 2. The fourth-order valence-corrected chi connectivity index (χ4v) is 3.09. The van der Waals surface area contributed by atoms with Crippen LogP contribution in [0, 0.1) is 11.8 Å². The highest BCUT2D eigenvalue weighted by Gasteiger charge is 2.33. The summed E-state index contributed by atoms with van der Waals surface area (Å²) in [6.45, 7) is 2.87. The number of carbonyl (C=O) groups is 2. The summed E-state index contributed by atoms with van der Waals surface area (Å²) >= 11 is 0. The zero-order chi connectivity index (χ0) is 15.7. The first-order chi connectivity index (χ1) is 10.6. The van der Waals surface area contributed by atoms with Crippen molar-refractivity contribution < 1.29 is 14.7 Å². The quantitative estimate of drug-likeness (QED) is 0.924. The minimum absolute atomic E-state index is 0.0303. The van der Waals surface area contributed by atoms with Crippen molar-refractivity contribution in [3.63, 3.8) is 0 Å². The van der Waals surface area contributed by atoms with E-state index in [0.29, 0.717) is 25.1 Å². The van der Waals surface area contributed by atoms with Gasteiger partial charge in [0.1, 0.15) is 0 Å². The lowest BCUT2D eigenvalue weighted by molar-refractivity contribution is -0.145. The molecule has 5 nitrogen and oxygen atoms in total. The van der Waals surface area contributed by atoms with Gasteiger partial charge in [-0.3, -0.25) is 14.6 Å². The minimum Gasteiger partial charge on any atom is -0.481 e. The Hall–Kier alpha value is -2.43. The number of piperidine rings is 1. The second-order valence-corrected chi connectivity index (χ2v) is 5.87. The van der Waals surface area contributed by atoms with Gasteiger partial charge in [0.2, 0.25) is 0 Å². The largest absolute Gasteiger partial charge is 0.481 e. The topological polar surface area (TPSA) is 70.5 Å². The van der Waals surface area contributed by atoms with E-state index in [1.165, 1.54) is 0 Å². The van der Waals surface area contributed by atoms with Crippen LogP contribution in [0.25, 0.3) is 10.9 Å². The van der Waals surface area contributed by atoms with Crippen molar-refractivity contribution in [1.29, 1.82) is 0 Å². The van der Waals surface area contributed by atoms with Gasteiger partial charge in [0.25, 0.3) is 5.91 Å². The molecular formula is C17H18N2O3. The molecule has 3 rings (SSSR count). The maximum absolute atomic E-state index is 12.6. The lowest BCUT2D eigenvalue weighted by atomic mass is 9.87. The van der Waals surface area contributed by atoms with E-state index in [1.54, 1.807) is 17.2 Å². The average molecular weight is 298 g/mol. The monoisotopic (exact) mass is 298 g/mol. The smallest absolute Gasteiger partial charge is 0.306 e. The van der Waals surface area contributed by atoms with E-state index in [1.807, 2.05) is 31.2 Å². The van der Waals surface area contributed by atoms with Gasteiger partial charge in [0.15, 0.2) is 0 Å². The summed E-state index contributed by atoms with van der Waals surface area (Å²) in [5, 5.41) is 10.1. The van der Waals surface area contributed by atoms with Crippen LogP contribution in [0.1, 0.15) is 23.7 Å². The van der Waals surface area contributed by atoms with Crippen LogP contribution in [-0.2, 0) is 4.79 Å². The van der Waals surface area contributed by atoms with Crippen LogP contribution in [0.15, 0.2) is 36.5 Å². The molecule has 1 N–H and O–H groups in total. The molecule has 0 radical (unpaired) electrons. The number of likely N-dealkylation sites (tertiary alicyclic amines) is 1. The van der Waals surface area contributed by atoms with E-state index >= 15 is 0 Å². The van der Waals surface area contributed by atoms with Crippen molar-refractivity contribution in [2.24, 2.45) is 11.8 Å². The molecule has 1 aromatic carbocycles. The zero-order valence-corrected chi connectivity index (χ0v) is 12.4. The third-order valence-corrected chi connectivity index (χ3v) is 4.36. The molecule has 0 spiro atoms. The Morgan fingerprint density at radius 3 is 2.86 bits per heavy atom. The maximum Gasteiger partial charge on any atom is 0.306 e. The number of nitrogens with zero attached hydrogens (tertiary/aromatic N) is 2.